The predicted octanol–water partition coefficient (Wildman–Crippen LogP) is 1.14. The fourth-order valence-electron chi connectivity index (χ4n) is 3.23. The van der Waals surface area contributed by atoms with E-state index in [9.17, 15) is 9.90 Å². The van der Waals surface area contributed by atoms with E-state index in [0.717, 1.165) is 38.6 Å². The normalized spacial score (nSPS) is 31.9. The van der Waals surface area contributed by atoms with Crippen molar-refractivity contribution in [1.29, 1.82) is 0 Å². The van der Waals surface area contributed by atoms with Gasteiger partial charge in [0.25, 0.3) is 0 Å². The number of nitrogens with one attached hydrogen (secondary N) is 1. The highest BCUT2D eigenvalue weighted by molar-refractivity contribution is 5.78. The minimum Gasteiger partial charge on any atom is -0.393 e. The van der Waals surface area contributed by atoms with Gasteiger partial charge in [-0.25, -0.2) is 0 Å². The number of fused-ring (bicyclic) bond motifs is 2. The Hall–Kier alpha value is -0.610. The van der Waals surface area contributed by atoms with Gasteiger partial charge < -0.3 is 10.4 Å². The molecule has 0 aromatic heterocycles. The van der Waals surface area contributed by atoms with Gasteiger partial charge in [0.15, 0.2) is 0 Å². The van der Waals surface area contributed by atoms with Crippen molar-refractivity contribution in [2.45, 2.75) is 64.1 Å². The van der Waals surface area contributed by atoms with E-state index in [1.807, 2.05) is 0 Å². The fraction of sp³-hybridized carbons (Fsp3) is 0.929. The molecule has 0 aromatic carbocycles. The number of rotatable bonds is 5. The highest BCUT2D eigenvalue weighted by atomic mass is 16.3. The van der Waals surface area contributed by atoms with Crippen molar-refractivity contribution in [2.75, 3.05) is 13.1 Å². The minimum atomic E-state index is -0.150. The van der Waals surface area contributed by atoms with E-state index in [-0.39, 0.29) is 12.0 Å². The summed E-state index contributed by atoms with van der Waals surface area (Å²) in [5.74, 6) is 0.774. The van der Waals surface area contributed by atoms with Crippen LogP contribution in [0.25, 0.3) is 0 Å². The van der Waals surface area contributed by atoms with Gasteiger partial charge >= 0.3 is 0 Å². The molecule has 2 unspecified atom stereocenters. The van der Waals surface area contributed by atoms with Crippen LogP contribution in [0.1, 0.15) is 46.0 Å². The average Bonchev–Trinajstić information content (AvgIpc) is 2.53. The van der Waals surface area contributed by atoms with Crippen LogP contribution in [0, 0.1) is 5.92 Å². The van der Waals surface area contributed by atoms with E-state index in [2.05, 4.69) is 24.1 Å². The van der Waals surface area contributed by atoms with E-state index in [0.29, 0.717) is 24.5 Å². The van der Waals surface area contributed by atoms with Gasteiger partial charge in [0.05, 0.1) is 12.6 Å². The van der Waals surface area contributed by atoms with Crippen LogP contribution in [0.5, 0.6) is 0 Å². The first kappa shape index (κ1) is 13.8. The summed E-state index contributed by atoms with van der Waals surface area (Å²) in [5, 5.41) is 12.7. The number of amides is 1. The summed E-state index contributed by atoms with van der Waals surface area (Å²) in [4.78, 5) is 14.2. The maximum absolute atomic E-state index is 11.9. The van der Waals surface area contributed by atoms with Crippen LogP contribution >= 0.6 is 0 Å². The van der Waals surface area contributed by atoms with Crippen LogP contribution in [0.3, 0.4) is 0 Å². The van der Waals surface area contributed by atoms with Crippen LogP contribution in [0.2, 0.25) is 0 Å². The molecule has 2 aliphatic rings. The van der Waals surface area contributed by atoms with Gasteiger partial charge in [-0.2, -0.15) is 0 Å². The van der Waals surface area contributed by atoms with Gasteiger partial charge in [0.1, 0.15) is 0 Å². The monoisotopic (exact) mass is 254 g/mol. The maximum Gasteiger partial charge on any atom is 0.234 e. The van der Waals surface area contributed by atoms with Crippen molar-refractivity contribution in [1.82, 2.24) is 10.2 Å². The molecule has 2 fully saturated rings. The van der Waals surface area contributed by atoms with E-state index in [4.69, 9.17) is 0 Å². The zero-order valence-corrected chi connectivity index (χ0v) is 11.6. The molecular formula is C14H26N2O2. The molecule has 2 bridgehead atoms. The topological polar surface area (TPSA) is 52.6 Å². The SMILES string of the molecule is CC(C)CCNC(=O)CN1C2CCC1CC(O)C2. The molecule has 2 atom stereocenters. The number of aliphatic hydroxyl groups is 1. The summed E-state index contributed by atoms with van der Waals surface area (Å²) in [6, 6.07) is 0.851. The molecule has 2 N–H and O–H groups in total. The summed E-state index contributed by atoms with van der Waals surface area (Å²) >= 11 is 0. The van der Waals surface area contributed by atoms with Crippen molar-refractivity contribution < 1.29 is 9.90 Å². The molecule has 0 saturated carbocycles. The van der Waals surface area contributed by atoms with Gasteiger partial charge in [-0.15, -0.1) is 0 Å². The first-order valence-corrected chi connectivity index (χ1v) is 7.26. The number of hydrogen-bond donors (Lipinski definition) is 2. The average molecular weight is 254 g/mol. The molecule has 0 radical (unpaired) electrons. The minimum absolute atomic E-state index is 0.143. The molecular weight excluding hydrogens is 228 g/mol. The molecule has 4 nitrogen and oxygen atoms in total. The van der Waals surface area contributed by atoms with E-state index < -0.39 is 0 Å². The number of nitrogens with zero attached hydrogens (tertiary/aromatic N) is 1. The van der Waals surface area contributed by atoms with E-state index in [1.54, 1.807) is 0 Å². The quantitative estimate of drug-likeness (QED) is 0.773. The third-order valence-corrected chi connectivity index (χ3v) is 4.23. The Morgan fingerprint density at radius 2 is 1.94 bits per heavy atom. The van der Waals surface area contributed by atoms with Crippen LogP contribution in [0.15, 0.2) is 0 Å². The number of hydrogen-bond acceptors (Lipinski definition) is 3. The van der Waals surface area contributed by atoms with Gasteiger partial charge in [0, 0.05) is 18.6 Å². The van der Waals surface area contributed by atoms with Crippen LogP contribution in [-0.4, -0.2) is 47.2 Å². The number of carbonyl (C=O) groups excluding carboxylic acids is 1. The number of carbonyl (C=O) groups is 1. The smallest absolute Gasteiger partial charge is 0.234 e. The van der Waals surface area contributed by atoms with E-state index >= 15 is 0 Å². The Morgan fingerprint density at radius 3 is 2.50 bits per heavy atom. The second-order valence-corrected chi connectivity index (χ2v) is 6.22. The number of aliphatic hydroxyl groups excluding tert-OH is 1. The lowest BCUT2D eigenvalue weighted by molar-refractivity contribution is -0.124. The summed E-state index contributed by atoms with van der Waals surface area (Å²) in [6.45, 7) is 5.62. The van der Waals surface area contributed by atoms with Gasteiger partial charge in [0.2, 0.25) is 5.91 Å². The zero-order chi connectivity index (χ0) is 13.1. The summed E-state index contributed by atoms with van der Waals surface area (Å²) < 4.78 is 0. The summed E-state index contributed by atoms with van der Waals surface area (Å²) in [6.07, 6.45) is 4.85. The highest BCUT2D eigenvalue weighted by Gasteiger charge is 2.40. The standard InChI is InChI=1S/C14H26N2O2/c1-10(2)5-6-15-14(18)9-16-11-3-4-12(16)8-13(17)7-11/h10-13,17H,3-9H2,1-2H3,(H,15,18). The molecule has 4 heteroatoms. The van der Waals surface area contributed by atoms with E-state index in [1.165, 1.54) is 0 Å². The fourth-order valence-corrected chi connectivity index (χ4v) is 3.23. The van der Waals surface area contributed by atoms with Crippen molar-refractivity contribution in [3.05, 3.63) is 0 Å². The Bertz CT molecular complexity index is 280. The summed E-state index contributed by atoms with van der Waals surface area (Å²) in [5.41, 5.74) is 0. The Morgan fingerprint density at radius 1 is 1.33 bits per heavy atom. The van der Waals surface area contributed by atoms with Gasteiger partial charge in [-0.1, -0.05) is 13.8 Å². The highest BCUT2D eigenvalue weighted by Crippen LogP contribution is 2.35. The molecule has 0 spiro atoms. The third-order valence-electron chi connectivity index (χ3n) is 4.23. The zero-order valence-electron chi connectivity index (χ0n) is 11.6. The second-order valence-electron chi connectivity index (χ2n) is 6.22. The lowest BCUT2D eigenvalue weighted by atomic mass is 10.00. The Balaban J connectivity index is 1.74. The van der Waals surface area contributed by atoms with Crippen molar-refractivity contribution >= 4 is 5.91 Å². The van der Waals surface area contributed by atoms with Crippen LogP contribution in [0.4, 0.5) is 0 Å². The summed E-state index contributed by atoms with van der Waals surface area (Å²) in [7, 11) is 0. The van der Waals surface area contributed by atoms with Crippen molar-refractivity contribution in [3.63, 3.8) is 0 Å². The molecule has 104 valence electrons. The molecule has 2 saturated heterocycles. The molecule has 0 aromatic rings. The van der Waals surface area contributed by atoms with Crippen LogP contribution < -0.4 is 5.32 Å². The number of piperidine rings is 1. The van der Waals surface area contributed by atoms with Crippen LogP contribution in [-0.2, 0) is 4.79 Å². The second kappa shape index (κ2) is 6.02. The van der Waals surface area contributed by atoms with Crippen molar-refractivity contribution in [2.24, 2.45) is 5.92 Å². The molecule has 1 amide bonds. The first-order valence-electron chi connectivity index (χ1n) is 7.26. The predicted molar refractivity (Wildman–Crippen MR) is 71.2 cm³/mol. The third kappa shape index (κ3) is 3.45. The molecule has 2 aliphatic heterocycles. The molecule has 0 aliphatic carbocycles. The maximum atomic E-state index is 11.9. The first-order chi connectivity index (χ1) is 8.56. The molecule has 18 heavy (non-hydrogen) atoms. The lowest BCUT2D eigenvalue weighted by Gasteiger charge is -2.36. The van der Waals surface area contributed by atoms with Gasteiger partial charge in [-0.3, -0.25) is 9.69 Å². The molecule has 2 heterocycles. The lowest BCUT2D eigenvalue weighted by Crippen LogP contribution is -2.49. The Kier molecular flexibility index (Phi) is 4.62. The largest absolute Gasteiger partial charge is 0.393 e. The molecule has 2 rings (SSSR count). The van der Waals surface area contributed by atoms with Gasteiger partial charge in [-0.05, 0) is 38.0 Å². The van der Waals surface area contributed by atoms with Crippen molar-refractivity contribution in [3.8, 4) is 0 Å². The Labute approximate surface area is 110 Å².